The summed E-state index contributed by atoms with van der Waals surface area (Å²) in [6.07, 6.45) is 0.619. The molecule has 0 unspecified atom stereocenters. The fraction of sp³-hybridized carbons (Fsp3) is 0.391. The highest BCUT2D eigenvalue weighted by Gasteiger charge is 2.44. The summed E-state index contributed by atoms with van der Waals surface area (Å²) in [7, 11) is 0. The van der Waals surface area contributed by atoms with Crippen LogP contribution in [0, 0.1) is 17.0 Å². The molecule has 0 aliphatic carbocycles. The van der Waals surface area contributed by atoms with Gasteiger partial charge in [-0.05, 0) is 50.7 Å². The Hall–Kier alpha value is -3.46. The van der Waals surface area contributed by atoms with E-state index in [1.165, 1.54) is 29.2 Å². The lowest BCUT2D eigenvalue weighted by molar-refractivity contribution is -0.384. The number of benzene rings is 1. The maximum absolute atomic E-state index is 13.2. The standard InChI is InChI=1S/C23H27N3O6/c1-4-24(5-2)12-7-13-25-20(16-8-6-9-17(14-16)26(30)31)19(22(28)23(25)29)21(27)18-11-10-15(3)32-18/h6,8-11,14,20,28H,4-5,7,12-13H2,1-3H3/t20-/m1/s1. The minimum Gasteiger partial charge on any atom is -0.503 e. The van der Waals surface area contributed by atoms with Crippen molar-refractivity contribution in [1.82, 2.24) is 9.80 Å². The van der Waals surface area contributed by atoms with E-state index < -0.39 is 28.4 Å². The second-order valence-corrected chi connectivity index (χ2v) is 7.64. The minimum absolute atomic E-state index is 0.00253. The molecule has 0 fully saturated rings. The second-order valence-electron chi connectivity index (χ2n) is 7.64. The number of nitro benzene ring substituents is 1. The Kier molecular flexibility index (Phi) is 7.09. The van der Waals surface area contributed by atoms with Crippen LogP contribution in [0.25, 0.3) is 0 Å². The summed E-state index contributed by atoms with van der Waals surface area (Å²) in [5, 5.41) is 22.0. The quantitative estimate of drug-likeness (QED) is 0.338. The molecule has 2 aromatic rings. The molecule has 0 saturated carbocycles. The Morgan fingerprint density at radius 1 is 1.25 bits per heavy atom. The zero-order valence-electron chi connectivity index (χ0n) is 18.4. The van der Waals surface area contributed by atoms with Crippen molar-refractivity contribution in [1.29, 1.82) is 0 Å². The van der Waals surface area contributed by atoms with Gasteiger partial charge in [0.2, 0.25) is 5.78 Å². The number of ketones is 1. The zero-order valence-corrected chi connectivity index (χ0v) is 18.4. The number of furan rings is 1. The van der Waals surface area contributed by atoms with Gasteiger partial charge in [-0.3, -0.25) is 19.7 Å². The summed E-state index contributed by atoms with van der Waals surface area (Å²) in [5.74, 6) is -1.43. The Bertz CT molecular complexity index is 1050. The van der Waals surface area contributed by atoms with Crippen molar-refractivity contribution in [3.8, 4) is 0 Å². The average Bonchev–Trinajstić information content (AvgIpc) is 3.33. The fourth-order valence-corrected chi connectivity index (χ4v) is 3.97. The van der Waals surface area contributed by atoms with Gasteiger partial charge in [0.15, 0.2) is 11.5 Å². The van der Waals surface area contributed by atoms with Gasteiger partial charge in [0.25, 0.3) is 11.6 Å². The third-order valence-corrected chi connectivity index (χ3v) is 5.68. The van der Waals surface area contributed by atoms with E-state index in [4.69, 9.17) is 4.42 Å². The van der Waals surface area contributed by atoms with Crippen LogP contribution in [0.2, 0.25) is 0 Å². The van der Waals surface area contributed by atoms with E-state index >= 15 is 0 Å². The Balaban J connectivity index is 2.00. The van der Waals surface area contributed by atoms with Crippen molar-refractivity contribution in [2.24, 2.45) is 0 Å². The van der Waals surface area contributed by atoms with Crippen molar-refractivity contribution >= 4 is 17.4 Å². The molecular formula is C23H27N3O6. The van der Waals surface area contributed by atoms with Crippen LogP contribution in [-0.4, -0.2) is 57.7 Å². The zero-order chi connectivity index (χ0) is 23.4. The predicted octanol–water partition coefficient (Wildman–Crippen LogP) is 3.81. The summed E-state index contributed by atoms with van der Waals surface area (Å²) in [6.45, 7) is 8.52. The molecule has 1 N–H and O–H groups in total. The molecule has 1 aliphatic heterocycles. The van der Waals surface area contributed by atoms with Gasteiger partial charge >= 0.3 is 0 Å². The molecular weight excluding hydrogens is 414 g/mol. The van der Waals surface area contributed by atoms with E-state index in [9.17, 15) is 24.8 Å². The van der Waals surface area contributed by atoms with Crippen LogP contribution in [0.5, 0.6) is 0 Å². The molecule has 32 heavy (non-hydrogen) atoms. The van der Waals surface area contributed by atoms with E-state index in [0.717, 1.165) is 19.6 Å². The van der Waals surface area contributed by atoms with Crippen molar-refractivity contribution in [3.05, 3.63) is 74.9 Å². The molecule has 0 radical (unpaired) electrons. The van der Waals surface area contributed by atoms with Crippen LogP contribution in [-0.2, 0) is 4.79 Å². The first-order chi connectivity index (χ1) is 15.3. The highest BCUT2D eigenvalue weighted by atomic mass is 16.6. The first-order valence-electron chi connectivity index (χ1n) is 10.6. The molecule has 1 atom stereocenters. The number of hydrogen-bond acceptors (Lipinski definition) is 7. The average molecular weight is 441 g/mol. The van der Waals surface area contributed by atoms with E-state index in [-0.39, 0.29) is 23.6 Å². The molecule has 1 aliphatic rings. The number of carbonyl (C=O) groups excluding carboxylic acids is 2. The summed E-state index contributed by atoms with van der Waals surface area (Å²) in [6, 6.07) is 7.93. The molecule has 0 bridgehead atoms. The van der Waals surface area contributed by atoms with Gasteiger partial charge in [-0.25, -0.2) is 0 Å². The Morgan fingerprint density at radius 2 is 1.97 bits per heavy atom. The number of aryl methyl sites for hydroxylation is 1. The van der Waals surface area contributed by atoms with E-state index in [2.05, 4.69) is 4.90 Å². The third-order valence-electron chi connectivity index (χ3n) is 5.68. The molecule has 9 heteroatoms. The molecule has 1 aromatic carbocycles. The number of amides is 1. The van der Waals surface area contributed by atoms with Gasteiger partial charge in [0.1, 0.15) is 5.76 Å². The number of carbonyl (C=O) groups is 2. The number of rotatable bonds is 10. The SMILES string of the molecule is CCN(CC)CCCN1C(=O)C(O)=C(C(=O)c2ccc(C)o2)[C@H]1c1cccc([N+](=O)[O-])c1. The lowest BCUT2D eigenvalue weighted by Gasteiger charge is -2.27. The fourth-order valence-electron chi connectivity index (χ4n) is 3.97. The van der Waals surface area contributed by atoms with Crippen LogP contribution in [0.4, 0.5) is 5.69 Å². The number of aliphatic hydroxyl groups is 1. The summed E-state index contributed by atoms with van der Waals surface area (Å²) in [5.41, 5.74) is 0.0869. The number of Topliss-reactive ketones (excluding diaryl/α,β-unsaturated/α-hetero) is 1. The van der Waals surface area contributed by atoms with Crippen LogP contribution in [0.1, 0.15) is 48.2 Å². The monoisotopic (exact) mass is 441 g/mol. The number of hydrogen-bond donors (Lipinski definition) is 1. The molecule has 2 heterocycles. The lowest BCUT2D eigenvalue weighted by atomic mass is 9.94. The maximum atomic E-state index is 13.2. The van der Waals surface area contributed by atoms with Crippen LogP contribution >= 0.6 is 0 Å². The topological polar surface area (TPSA) is 117 Å². The first-order valence-corrected chi connectivity index (χ1v) is 10.6. The van der Waals surface area contributed by atoms with Gasteiger partial charge in [0.05, 0.1) is 16.5 Å². The molecule has 3 rings (SSSR count). The van der Waals surface area contributed by atoms with Crippen molar-refractivity contribution < 1.29 is 24.0 Å². The normalized spacial score (nSPS) is 16.3. The molecule has 9 nitrogen and oxygen atoms in total. The second kappa shape index (κ2) is 9.78. The van der Waals surface area contributed by atoms with Crippen molar-refractivity contribution in [2.75, 3.05) is 26.2 Å². The van der Waals surface area contributed by atoms with Crippen molar-refractivity contribution in [2.45, 2.75) is 33.2 Å². The smallest absolute Gasteiger partial charge is 0.290 e. The summed E-state index contributed by atoms with van der Waals surface area (Å²) < 4.78 is 5.42. The number of non-ortho nitro benzene ring substituents is 1. The lowest BCUT2D eigenvalue weighted by Crippen LogP contribution is -2.34. The summed E-state index contributed by atoms with van der Waals surface area (Å²) >= 11 is 0. The Morgan fingerprint density at radius 3 is 2.56 bits per heavy atom. The largest absolute Gasteiger partial charge is 0.503 e. The maximum Gasteiger partial charge on any atom is 0.290 e. The summed E-state index contributed by atoms with van der Waals surface area (Å²) in [4.78, 5) is 40.5. The van der Waals surface area contributed by atoms with Gasteiger partial charge in [0, 0.05) is 18.7 Å². The van der Waals surface area contributed by atoms with Crippen molar-refractivity contribution in [3.63, 3.8) is 0 Å². The highest BCUT2D eigenvalue weighted by molar-refractivity contribution is 6.15. The van der Waals surface area contributed by atoms with Gasteiger partial charge in [-0.15, -0.1) is 0 Å². The van der Waals surface area contributed by atoms with Gasteiger partial charge in [-0.1, -0.05) is 26.0 Å². The first kappa shape index (κ1) is 23.2. The minimum atomic E-state index is -0.947. The van der Waals surface area contributed by atoms with E-state index in [0.29, 0.717) is 17.7 Å². The van der Waals surface area contributed by atoms with Crippen LogP contribution < -0.4 is 0 Å². The molecule has 0 spiro atoms. The molecule has 170 valence electrons. The Labute approximate surface area is 186 Å². The van der Waals surface area contributed by atoms with E-state index in [1.807, 2.05) is 13.8 Å². The van der Waals surface area contributed by atoms with E-state index in [1.54, 1.807) is 19.1 Å². The molecule has 1 amide bonds. The highest BCUT2D eigenvalue weighted by Crippen LogP contribution is 2.40. The van der Waals surface area contributed by atoms with Gasteiger partial charge in [-0.2, -0.15) is 0 Å². The molecule has 1 aromatic heterocycles. The number of nitrogens with zero attached hydrogens (tertiary/aromatic N) is 3. The molecule has 0 saturated heterocycles. The van der Waals surface area contributed by atoms with Crippen LogP contribution in [0.3, 0.4) is 0 Å². The van der Waals surface area contributed by atoms with Crippen LogP contribution in [0.15, 0.2) is 52.1 Å². The number of aliphatic hydroxyl groups excluding tert-OH is 1. The third kappa shape index (κ3) is 4.57. The van der Waals surface area contributed by atoms with Gasteiger partial charge < -0.3 is 19.3 Å². The predicted molar refractivity (Wildman–Crippen MR) is 117 cm³/mol. The number of nitro groups is 1.